The maximum Gasteiger partial charge on any atom is 0.243 e. The molecular formula is C20H23N5O3. The number of fused-ring (bicyclic) bond motifs is 1. The predicted molar refractivity (Wildman–Crippen MR) is 105 cm³/mol. The molecule has 8 heteroatoms. The molecule has 2 heterocycles. The lowest BCUT2D eigenvalue weighted by molar-refractivity contribution is -0.135. The highest BCUT2D eigenvalue weighted by Crippen LogP contribution is 2.26. The molecule has 2 amide bonds. The highest BCUT2D eigenvalue weighted by Gasteiger charge is 2.20. The Balaban J connectivity index is 1.87. The average Bonchev–Trinajstić information content (AvgIpc) is 3.13. The minimum absolute atomic E-state index is 0.0609. The molecule has 2 aliphatic rings. The van der Waals surface area contributed by atoms with Crippen LogP contribution in [0.1, 0.15) is 13.3 Å². The van der Waals surface area contributed by atoms with Gasteiger partial charge in [0.25, 0.3) is 0 Å². The molecule has 1 aromatic rings. The lowest BCUT2D eigenvalue weighted by Crippen LogP contribution is -2.40. The first kappa shape index (κ1) is 19.3. The number of methoxy groups -OCH3 is 1. The van der Waals surface area contributed by atoms with Crippen molar-refractivity contribution in [1.82, 2.24) is 19.4 Å². The van der Waals surface area contributed by atoms with Crippen molar-refractivity contribution in [3.05, 3.63) is 42.6 Å². The van der Waals surface area contributed by atoms with E-state index >= 15 is 0 Å². The molecule has 2 aliphatic heterocycles. The molecule has 0 aliphatic carbocycles. The van der Waals surface area contributed by atoms with Gasteiger partial charge < -0.3 is 19.9 Å². The van der Waals surface area contributed by atoms with Crippen molar-refractivity contribution < 1.29 is 14.3 Å². The second kappa shape index (κ2) is 8.51. The summed E-state index contributed by atoms with van der Waals surface area (Å²) in [6.45, 7) is 2.39. The van der Waals surface area contributed by atoms with Crippen LogP contribution in [0, 0.1) is 0 Å². The van der Waals surface area contributed by atoms with Gasteiger partial charge in [-0.2, -0.15) is 0 Å². The molecule has 2 N–H and O–H groups in total. The average molecular weight is 381 g/mol. The van der Waals surface area contributed by atoms with Crippen molar-refractivity contribution in [1.29, 1.82) is 0 Å². The van der Waals surface area contributed by atoms with Gasteiger partial charge in [-0.25, -0.2) is 9.97 Å². The molecule has 0 saturated heterocycles. The third-order valence-corrected chi connectivity index (χ3v) is 4.31. The smallest absolute Gasteiger partial charge is 0.243 e. The molecule has 0 aromatic heterocycles. The number of ether oxygens (including phenoxy) is 1. The Hall–Kier alpha value is -3.42. The Kier molecular flexibility index (Phi) is 5.88. The van der Waals surface area contributed by atoms with Gasteiger partial charge in [-0.15, -0.1) is 0 Å². The van der Waals surface area contributed by atoms with Crippen LogP contribution in [0.5, 0.6) is 5.75 Å². The van der Waals surface area contributed by atoms with E-state index in [-0.39, 0.29) is 19.0 Å². The van der Waals surface area contributed by atoms with Gasteiger partial charge in [-0.1, -0.05) is 6.92 Å². The number of nitrogens with zero attached hydrogens (tertiary/aromatic N) is 4. The molecule has 0 saturated carbocycles. The van der Waals surface area contributed by atoms with Crippen LogP contribution in [0.2, 0.25) is 0 Å². The second-order valence-electron chi connectivity index (χ2n) is 6.40. The number of hydrogen-bond donors (Lipinski definition) is 1. The summed E-state index contributed by atoms with van der Waals surface area (Å²) in [4.78, 5) is 34.6. The minimum Gasteiger partial charge on any atom is -0.497 e. The first-order valence-corrected chi connectivity index (χ1v) is 9.05. The summed E-state index contributed by atoms with van der Waals surface area (Å²) in [7, 11) is 1.61. The van der Waals surface area contributed by atoms with Crippen molar-refractivity contribution in [3.63, 3.8) is 0 Å². The summed E-state index contributed by atoms with van der Waals surface area (Å²) in [5, 5.41) is 0. The van der Waals surface area contributed by atoms with Crippen LogP contribution >= 0.6 is 0 Å². The number of nitrogens with two attached hydrogens (primary N) is 1. The summed E-state index contributed by atoms with van der Waals surface area (Å²) in [5.41, 5.74) is 6.81. The Bertz CT molecular complexity index is 935. The quantitative estimate of drug-likeness (QED) is 0.641. The topological polar surface area (TPSA) is 103 Å². The number of carbonyl (C=O) groups excluding carboxylic acids is 2. The van der Waals surface area contributed by atoms with Gasteiger partial charge in [-0.05, 0) is 42.8 Å². The number of hydrogen-bond acceptors (Lipinski definition) is 5. The monoisotopic (exact) mass is 381 g/mol. The molecule has 1 aromatic carbocycles. The molecule has 3 rings (SSSR count). The van der Waals surface area contributed by atoms with Crippen LogP contribution in [-0.4, -0.2) is 51.4 Å². The van der Waals surface area contributed by atoms with Gasteiger partial charge >= 0.3 is 0 Å². The van der Waals surface area contributed by atoms with E-state index in [2.05, 4.69) is 9.97 Å². The van der Waals surface area contributed by atoms with Gasteiger partial charge in [0.15, 0.2) is 11.6 Å². The third-order valence-electron chi connectivity index (χ3n) is 4.31. The van der Waals surface area contributed by atoms with Crippen LogP contribution in [0.15, 0.2) is 42.6 Å². The number of imidazole rings is 1. The van der Waals surface area contributed by atoms with Crippen molar-refractivity contribution >= 4 is 11.8 Å². The zero-order valence-corrected chi connectivity index (χ0v) is 16.0. The maximum absolute atomic E-state index is 12.7. The van der Waals surface area contributed by atoms with Crippen LogP contribution in [0.4, 0.5) is 0 Å². The van der Waals surface area contributed by atoms with E-state index in [0.717, 1.165) is 17.7 Å². The molecule has 28 heavy (non-hydrogen) atoms. The Morgan fingerprint density at radius 3 is 2.57 bits per heavy atom. The first-order valence-electron chi connectivity index (χ1n) is 9.05. The van der Waals surface area contributed by atoms with E-state index in [9.17, 15) is 9.59 Å². The van der Waals surface area contributed by atoms with E-state index in [1.54, 1.807) is 17.9 Å². The fourth-order valence-electron chi connectivity index (χ4n) is 2.97. The SMILES string of the molecule is CCCN(CC(N)=O)C(=O)Cn1cccc2nc(-c3ccc(OC)cc3)nc1-2. The normalized spacial score (nSPS) is 10.8. The first-order chi connectivity index (χ1) is 13.5. The summed E-state index contributed by atoms with van der Waals surface area (Å²) >= 11 is 0. The number of carbonyl (C=O) groups is 2. The number of benzene rings is 1. The summed E-state index contributed by atoms with van der Waals surface area (Å²) < 4.78 is 6.91. The molecular weight excluding hydrogens is 358 g/mol. The van der Waals surface area contributed by atoms with E-state index in [1.165, 1.54) is 4.90 Å². The molecule has 0 fully saturated rings. The van der Waals surface area contributed by atoms with Gasteiger partial charge in [0, 0.05) is 18.3 Å². The number of aromatic nitrogens is 3. The summed E-state index contributed by atoms with van der Waals surface area (Å²) in [5.74, 6) is 1.22. The van der Waals surface area contributed by atoms with Crippen LogP contribution in [-0.2, 0) is 16.1 Å². The van der Waals surface area contributed by atoms with Gasteiger partial charge in [0.05, 0.1) is 13.7 Å². The predicted octanol–water partition coefficient (Wildman–Crippen LogP) is 1.78. The summed E-state index contributed by atoms with van der Waals surface area (Å²) in [6.07, 6.45) is 2.52. The minimum atomic E-state index is -0.528. The molecule has 0 atom stereocenters. The molecule has 0 bridgehead atoms. The van der Waals surface area contributed by atoms with E-state index in [4.69, 9.17) is 10.5 Å². The molecule has 0 radical (unpaired) electrons. The second-order valence-corrected chi connectivity index (χ2v) is 6.40. The molecule has 8 nitrogen and oxygen atoms in total. The van der Waals surface area contributed by atoms with E-state index in [1.807, 2.05) is 43.3 Å². The van der Waals surface area contributed by atoms with Crippen molar-refractivity contribution in [2.75, 3.05) is 20.2 Å². The van der Waals surface area contributed by atoms with Crippen LogP contribution < -0.4 is 10.5 Å². The molecule has 146 valence electrons. The fraction of sp³-hybridized carbons (Fsp3) is 0.300. The fourth-order valence-corrected chi connectivity index (χ4v) is 2.97. The van der Waals surface area contributed by atoms with Gasteiger partial charge in [-0.3, -0.25) is 9.59 Å². The van der Waals surface area contributed by atoms with Crippen LogP contribution in [0.25, 0.3) is 22.9 Å². The Morgan fingerprint density at radius 2 is 1.93 bits per heavy atom. The lowest BCUT2D eigenvalue weighted by Gasteiger charge is -2.21. The van der Waals surface area contributed by atoms with Gasteiger partial charge in [0.1, 0.15) is 18.0 Å². The van der Waals surface area contributed by atoms with Gasteiger partial charge in [0.2, 0.25) is 11.8 Å². The highest BCUT2D eigenvalue weighted by atomic mass is 16.5. The zero-order valence-electron chi connectivity index (χ0n) is 16.0. The largest absolute Gasteiger partial charge is 0.497 e. The standard InChI is InChI=1S/C20H23N5O3/c1-3-10-24(12-17(21)26)18(27)13-25-11-4-5-16-20(25)23-19(22-16)14-6-8-15(28-2)9-7-14/h4-9,11H,3,10,12-13H2,1-2H3,(H2,21,26). The Morgan fingerprint density at radius 1 is 1.18 bits per heavy atom. The van der Waals surface area contributed by atoms with E-state index in [0.29, 0.717) is 23.9 Å². The molecule has 0 spiro atoms. The maximum atomic E-state index is 12.7. The molecule has 0 unspecified atom stereocenters. The third kappa shape index (κ3) is 4.28. The van der Waals surface area contributed by atoms with Crippen LogP contribution in [0.3, 0.4) is 0 Å². The van der Waals surface area contributed by atoms with Crippen molar-refractivity contribution in [2.24, 2.45) is 5.73 Å². The number of pyridine rings is 1. The van der Waals surface area contributed by atoms with Crippen molar-refractivity contribution in [3.8, 4) is 28.7 Å². The number of rotatable bonds is 8. The van der Waals surface area contributed by atoms with Crippen molar-refractivity contribution in [2.45, 2.75) is 19.9 Å². The summed E-state index contributed by atoms with van der Waals surface area (Å²) in [6, 6.07) is 11.1. The zero-order chi connectivity index (χ0) is 20.1. The number of amides is 2. The lowest BCUT2D eigenvalue weighted by atomic mass is 10.2. The Labute approximate surface area is 163 Å². The van der Waals surface area contributed by atoms with E-state index < -0.39 is 5.91 Å². The number of primary amides is 1. The highest BCUT2D eigenvalue weighted by molar-refractivity contribution is 5.84.